The van der Waals surface area contributed by atoms with Crippen LogP contribution in [0.4, 0.5) is 4.79 Å². The quantitative estimate of drug-likeness (QED) is 0.375. The molecule has 41 heavy (non-hydrogen) atoms. The number of carbonyl (C=O) groups excluding carboxylic acids is 2. The molecule has 3 aromatic rings. The van der Waals surface area contributed by atoms with Crippen LogP contribution in [-0.2, 0) is 25.7 Å². The van der Waals surface area contributed by atoms with Crippen molar-refractivity contribution in [3.8, 4) is 11.1 Å². The predicted octanol–water partition coefficient (Wildman–Crippen LogP) is 5.21. The number of nitrogens with zero attached hydrogens (tertiary/aromatic N) is 1. The Morgan fingerprint density at radius 3 is 2.20 bits per heavy atom. The fraction of sp³-hybridized carbons (Fsp3) is 0.364. The van der Waals surface area contributed by atoms with E-state index in [1.807, 2.05) is 66.7 Å². The maximum atomic E-state index is 13.8. The van der Waals surface area contributed by atoms with Crippen LogP contribution < -0.4 is 5.32 Å². The van der Waals surface area contributed by atoms with Crippen LogP contribution >= 0.6 is 0 Å². The van der Waals surface area contributed by atoms with Crippen molar-refractivity contribution in [1.82, 2.24) is 10.2 Å². The van der Waals surface area contributed by atoms with Crippen LogP contribution in [0, 0.1) is 5.92 Å². The first-order chi connectivity index (χ1) is 19.8. The van der Waals surface area contributed by atoms with Crippen molar-refractivity contribution in [2.45, 2.75) is 57.4 Å². The molecule has 5 rings (SSSR count). The van der Waals surface area contributed by atoms with Gasteiger partial charge in [0.15, 0.2) is 0 Å². The number of amides is 2. The number of ether oxygens (including phenoxy) is 2. The molecule has 0 aromatic heterocycles. The lowest BCUT2D eigenvalue weighted by molar-refractivity contribution is -0.151. The largest absolute Gasteiger partial charge is 0.481 e. The number of nitrogens with one attached hydrogen (secondary N) is 1. The second kappa shape index (κ2) is 12.6. The number of aliphatic carboxylic acids is 1. The number of carboxylic acids is 1. The Hall–Kier alpha value is -4.17. The molecule has 2 amide bonds. The van der Waals surface area contributed by atoms with Crippen LogP contribution in [-0.4, -0.2) is 59.3 Å². The highest BCUT2D eigenvalue weighted by molar-refractivity contribution is 5.87. The van der Waals surface area contributed by atoms with E-state index >= 15 is 0 Å². The van der Waals surface area contributed by atoms with Crippen LogP contribution in [0.2, 0.25) is 0 Å². The van der Waals surface area contributed by atoms with E-state index in [1.54, 1.807) is 18.7 Å². The second-order valence-electron chi connectivity index (χ2n) is 10.8. The number of carbonyl (C=O) groups is 3. The van der Waals surface area contributed by atoms with E-state index in [0.717, 1.165) is 27.8 Å². The van der Waals surface area contributed by atoms with Gasteiger partial charge in [-0.25, -0.2) is 4.79 Å². The topological polar surface area (TPSA) is 105 Å². The van der Waals surface area contributed by atoms with Crippen molar-refractivity contribution < 1.29 is 29.0 Å². The van der Waals surface area contributed by atoms with Crippen molar-refractivity contribution >= 4 is 18.0 Å². The molecular formula is C33H36N2O6. The molecule has 0 radical (unpaired) electrons. The molecule has 8 heteroatoms. The minimum Gasteiger partial charge on any atom is -0.481 e. The van der Waals surface area contributed by atoms with Gasteiger partial charge in [-0.2, -0.15) is 0 Å². The Labute approximate surface area is 240 Å². The zero-order chi connectivity index (χ0) is 28.9. The molecule has 4 atom stereocenters. The lowest BCUT2D eigenvalue weighted by Crippen LogP contribution is -2.59. The summed E-state index contributed by atoms with van der Waals surface area (Å²) in [4.78, 5) is 40.4. The molecular weight excluding hydrogens is 520 g/mol. The van der Waals surface area contributed by atoms with Crippen molar-refractivity contribution in [1.29, 1.82) is 0 Å². The Morgan fingerprint density at radius 1 is 0.951 bits per heavy atom. The number of likely N-dealkylation sites (tertiary alicyclic amines) is 1. The monoisotopic (exact) mass is 556 g/mol. The molecule has 8 nitrogen and oxygen atoms in total. The highest BCUT2D eigenvalue weighted by atomic mass is 16.5. The molecule has 0 bridgehead atoms. The smallest absolute Gasteiger partial charge is 0.407 e. The van der Waals surface area contributed by atoms with Crippen molar-refractivity contribution in [3.63, 3.8) is 0 Å². The summed E-state index contributed by atoms with van der Waals surface area (Å²) in [7, 11) is 0. The zero-order valence-corrected chi connectivity index (χ0v) is 23.4. The van der Waals surface area contributed by atoms with Crippen molar-refractivity contribution in [3.05, 3.63) is 95.6 Å². The first-order valence-electron chi connectivity index (χ1n) is 14.2. The van der Waals surface area contributed by atoms with Crippen LogP contribution in [0.25, 0.3) is 11.1 Å². The molecule has 0 spiro atoms. The van der Waals surface area contributed by atoms with Gasteiger partial charge in [-0.05, 0) is 54.5 Å². The van der Waals surface area contributed by atoms with E-state index in [4.69, 9.17) is 9.47 Å². The fourth-order valence-corrected chi connectivity index (χ4v) is 6.01. The van der Waals surface area contributed by atoms with Crippen LogP contribution in [0.5, 0.6) is 0 Å². The third-order valence-electron chi connectivity index (χ3n) is 8.30. The number of hydrogen-bond acceptors (Lipinski definition) is 5. The molecule has 2 N–H and O–H groups in total. The van der Waals surface area contributed by atoms with Crippen molar-refractivity contribution in [2.24, 2.45) is 5.92 Å². The van der Waals surface area contributed by atoms with E-state index in [2.05, 4.69) is 17.4 Å². The zero-order valence-electron chi connectivity index (χ0n) is 23.4. The van der Waals surface area contributed by atoms with Gasteiger partial charge >= 0.3 is 12.1 Å². The lowest BCUT2D eigenvalue weighted by Gasteiger charge is -2.40. The molecule has 2 unspecified atom stereocenters. The van der Waals surface area contributed by atoms with Crippen LogP contribution in [0.1, 0.15) is 49.3 Å². The van der Waals surface area contributed by atoms with Crippen LogP contribution in [0.15, 0.2) is 78.9 Å². The van der Waals surface area contributed by atoms with E-state index in [-0.39, 0.29) is 25.0 Å². The summed E-state index contributed by atoms with van der Waals surface area (Å²) in [5.41, 5.74) is 5.37. The summed E-state index contributed by atoms with van der Waals surface area (Å²) in [6.07, 6.45) is -0.338. The third-order valence-corrected chi connectivity index (χ3v) is 8.30. The van der Waals surface area contributed by atoms with E-state index in [0.29, 0.717) is 19.4 Å². The Morgan fingerprint density at radius 2 is 1.56 bits per heavy atom. The molecule has 1 aliphatic heterocycles. The van der Waals surface area contributed by atoms with Crippen molar-refractivity contribution in [2.75, 3.05) is 13.2 Å². The summed E-state index contributed by atoms with van der Waals surface area (Å²) in [5.74, 6) is -2.09. The van der Waals surface area contributed by atoms with E-state index in [9.17, 15) is 19.5 Å². The lowest BCUT2D eigenvalue weighted by atomic mass is 9.89. The van der Waals surface area contributed by atoms with Gasteiger partial charge in [-0.15, -0.1) is 0 Å². The number of fused-ring (bicyclic) bond motifs is 3. The molecule has 0 saturated carbocycles. The fourth-order valence-electron chi connectivity index (χ4n) is 6.01. The molecule has 2 aliphatic rings. The molecule has 1 fully saturated rings. The summed E-state index contributed by atoms with van der Waals surface area (Å²) in [6.45, 7) is 4.26. The predicted molar refractivity (Wildman–Crippen MR) is 154 cm³/mol. The number of piperidine rings is 1. The van der Waals surface area contributed by atoms with Gasteiger partial charge in [-0.1, -0.05) is 78.9 Å². The average Bonchev–Trinajstić information content (AvgIpc) is 3.31. The van der Waals surface area contributed by atoms with E-state index < -0.39 is 36.2 Å². The van der Waals surface area contributed by atoms with Gasteiger partial charge in [0.05, 0.1) is 18.6 Å². The normalized spacial score (nSPS) is 19.5. The second-order valence-corrected chi connectivity index (χ2v) is 10.8. The highest BCUT2D eigenvalue weighted by Gasteiger charge is 2.40. The summed E-state index contributed by atoms with van der Waals surface area (Å²) in [6, 6.07) is 24.2. The van der Waals surface area contributed by atoms with Gasteiger partial charge in [-0.3, -0.25) is 9.59 Å². The van der Waals surface area contributed by atoms with Gasteiger partial charge in [0.25, 0.3) is 0 Å². The number of rotatable bonds is 9. The van der Waals surface area contributed by atoms with Crippen LogP contribution in [0.3, 0.4) is 0 Å². The maximum Gasteiger partial charge on any atom is 0.407 e. The first-order valence-corrected chi connectivity index (χ1v) is 14.2. The Kier molecular flexibility index (Phi) is 8.69. The highest BCUT2D eigenvalue weighted by Crippen LogP contribution is 2.44. The number of hydrogen-bond donors (Lipinski definition) is 2. The van der Waals surface area contributed by atoms with Gasteiger partial charge in [0, 0.05) is 18.5 Å². The number of benzene rings is 3. The molecule has 1 heterocycles. The van der Waals surface area contributed by atoms with Gasteiger partial charge in [0.2, 0.25) is 5.91 Å². The minimum absolute atomic E-state index is 0.112. The SMILES string of the molecule is CC1C(C(=O)O)CCCN1C(=O)[C@H](NC(=O)OCC1c2ccccc2-c2ccccc21)[C@H](C)OCc1ccccc1. The Balaban J connectivity index is 1.31. The third kappa shape index (κ3) is 6.12. The molecule has 1 saturated heterocycles. The molecule has 3 aromatic carbocycles. The number of alkyl carbamates (subject to hydrolysis) is 1. The average molecular weight is 557 g/mol. The number of carboxylic acid groups (broad SMARTS) is 1. The maximum absolute atomic E-state index is 13.8. The van der Waals surface area contributed by atoms with E-state index in [1.165, 1.54) is 0 Å². The molecule has 1 aliphatic carbocycles. The first kappa shape index (κ1) is 28.4. The van der Waals surface area contributed by atoms with Gasteiger partial charge in [0.1, 0.15) is 12.6 Å². The summed E-state index contributed by atoms with van der Waals surface area (Å²) in [5, 5.41) is 12.4. The summed E-state index contributed by atoms with van der Waals surface area (Å²) < 4.78 is 11.8. The minimum atomic E-state index is -1.05. The summed E-state index contributed by atoms with van der Waals surface area (Å²) >= 11 is 0. The molecule has 214 valence electrons. The standard InChI is InChI=1S/C33H36N2O6/c1-21-24(32(37)38)17-10-18-35(21)31(36)30(22(2)40-19-23-11-4-3-5-12-23)34-33(39)41-20-29-27-15-8-6-13-25(27)26-14-7-9-16-28(26)29/h3-9,11-16,21-22,24,29-30H,10,17-20H2,1-2H3,(H,34,39)(H,37,38)/t21?,22-,24?,30+/m0/s1. The Bertz CT molecular complexity index is 1350. The van der Waals surface area contributed by atoms with Gasteiger partial charge < -0.3 is 24.8 Å².